The number of benzene rings is 1. The van der Waals surface area contributed by atoms with E-state index in [4.69, 9.17) is 5.11 Å². The van der Waals surface area contributed by atoms with E-state index in [0.717, 1.165) is 11.8 Å². The van der Waals surface area contributed by atoms with Gasteiger partial charge >= 0.3 is 5.97 Å². The van der Waals surface area contributed by atoms with Gasteiger partial charge in [0.05, 0.1) is 11.3 Å². The standard InChI is InChI=1S/C13H12N4O4S/c1-7-11(19)15-13(17-16-7)22-6-10(18)14-9-4-2-8(3-5-9)12(20)21/h2-5H,6H2,1H3,(H,14,18)(H,20,21)(H,15,17,19). The topological polar surface area (TPSA) is 125 Å². The number of rotatable bonds is 5. The third-order valence-corrected chi connectivity index (χ3v) is 3.46. The Morgan fingerprint density at radius 2 is 1.95 bits per heavy atom. The molecule has 22 heavy (non-hydrogen) atoms. The predicted octanol–water partition coefficient (Wildman–Crippen LogP) is 0.902. The Kier molecular flexibility index (Phi) is 4.89. The maximum Gasteiger partial charge on any atom is 0.335 e. The number of aromatic amines is 1. The lowest BCUT2D eigenvalue weighted by Gasteiger charge is -2.05. The number of amides is 1. The first-order valence-corrected chi connectivity index (χ1v) is 7.14. The quantitative estimate of drug-likeness (QED) is 0.699. The fourth-order valence-electron chi connectivity index (χ4n) is 1.47. The lowest BCUT2D eigenvalue weighted by Crippen LogP contribution is -2.17. The van der Waals surface area contributed by atoms with Crippen LogP contribution >= 0.6 is 11.8 Å². The van der Waals surface area contributed by atoms with Gasteiger partial charge in [-0.3, -0.25) is 14.6 Å². The van der Waals surface area contributed by atoms with Crippen molar-refractivity contribution in [3.05, 3.63) is 45.9 Å². The second-order valence-electron chi connectivity index (χ2n) is 4.26. The van der Waals surface area contributed by atoms with Gasteiger partial charge in [0.2, 0.25) is 5.91 Å². The summed E-state index contributed by atoms with van der Waals surface area (Å²) < 4.78 is 0. The minimum atomic E-state index is -1.03. The van der Waals surface area contributed by atoms with Gasteiger partial charge in [-0.15, -0.1) is 10.2 Å². The van der Waals surface area contributed by atoms with Crippen LogP contribution in [0.25, 0.3) is 0 Å². The van der Waals surface area contributed by atoms with Crippen LogP contribution in [-0.4, -0.2) is 37.9 Å². The number of aromatic nitrogens is 3. The smallest absolute Gasteiger partial charge is 0.335 e. The highest BCUT2D eigenvalue weighted by atomic mass is 32.2. The fourth-order valence-corrected chi connectivity index (χ4v) is 2.07. The molecule has 1 aromatic heterocycles. The molecule has 0 spiro atoms. The number of aryl methyl sites for hydroxylation is 1. The van der Waals surface area contributed by atoms with E-state index in [2.05, 4.69) is 20.5 Å². The molecular weight excluding hydrogens is 308 g/mol. The van der Waals surface area contributed by atoms with Gasteiger partial charge in [0.25, 0.3) is 5.56 Å². The fraction of sp³-hybridized carbons (Fsp3) is 0.154. The molecule has 0 aliphatic heterocycles. The van der Waals surface area contributed by atoms with Gasteiger partial charge in [-0.05, 0) is 31.2 Å². The van der Waals surface area contributed by atoms with Gasteiger partial charge in [0.15, 0.2) is 5.16 Å². The van der Waals surface area contributed by atoms with Crippen LogP contribution in [0.5, 0.6) is 0 Å². The third kappa shape index (κ3) is 4.16. The molecule has 3 N–H and O–H groups in total. The SMILES string of the molecule is Cc1nnc(SCC(=O)Nc2ccc(C(=O)O)cc2)[nH]c1=O. The summed E-state index contributed by atoms with van der Waals surface area (Å²) in [7, 11) is 0. The zero-order valence-corrected chi connectivity index (χ0v) is 12.3. The van der Waals surface area contributed by atoms with E-state index in [0.29, 0.717) is 5.69 Å². The highest BCUT2D eigenvalue weighted by Crippen LogP contribution is 2.13. The van der Waals surface area contributed by atoms with Crippen LogP contribution in [0, 0.1) is 6.92 Å². The number of thioether (sulfide) groups is 1. The number of carboxylic acids is 1. The van der Waals surface area contributed by atoms with Crippen LogP contribution < -0.4 is 10.9 Å². The largest absolute Gasteiger partial charge is 0.478 e. The van der Waals surface area contributed by atoms with Crippen molar-refractivity contribution in [2.45, 2.75) is 12.1 Å². The third-order valence-electron chi connectivity index (χ3n) is 2.60. The Labute approximate surface area is 129 Å². The molecule has 1 heterocycles. The van der Waals surface area contributed by atoms with Crippen molar-refractivity contribution in [1.29, 1.82) is 0 Å². The minimum absolute atomic E-state index is 0.0361. The monoisotopic (exact) mass is 320 g/mol. The summed E-state index contributed by atoms with van der Waals surface area (Å²) in [6, 6.07) is 5.79. The number of H-pyrrole nitrogens is 1. The van der Waals surface area contributed by atoms with Crippen LogP contribution in [-0.2, 0) is 4.79 Å². The van der Waals surface area contributed by atoms with Gasteiger partial charge in [-0.25, -0.2) is 4.79 Å². The molecule has 8 nitrogen and oxygen atoms in total. The molecule has 0 radical (unpaired) electrons. The van der Waals surface area contributed by atoms with E-state index in [1.807, 2.05) is 0 Å². The molecule has 1 amide bonds. The number of carbonyl (C=O) groups is 2. The Morgan fingerprint density at radius 1 is 1.27 bits per heavy atom. The Hall–Kier alpha value is -2.68. The first kappa shape index (κ1) is 15.7. The molecule has 9 heteroatoms. The van der Waals surface area contributed by atoms with E-state index in [-0.39, 0.29) is 33.6 Å². The van der Waals surface area contributed by atoms with Crippen LogP contribution in [0.15, 0.2) is 34.2 Å². The van der Waals surface area contributed by atoms with Crippen molar-refractivity contribution >= 4 is 29.3 Å². The van der Waals surface area contributed by atoms with Crippen LogP contribution in [0.2, 0.25) is 0 Å². The second-order valence-corrected chi connectivity index (χ2v) is 5.23. The molecule has 0 saturated carbocycles. The van der Waals surface area contributed by atoms with Gasteiger partial charge in [0.1, 0.15) is 5.69 Å². The predicted molar refractivity (Wildman–Crippen MR) is 80.1 cm³/mol. The van der Waals surface area contributed by atoms with E-state index < -0.39 is 5.97 Å². The average molecular weight is 320 g/mol. The summed E-state index contributed by atoms with van der Waals surface area (Å²) in [5.74, 6) is -1.31. The van der Waals surface area contributed by atoms with Crippen molar-refractivity contribution in [3.8, 4) is 0 Å². The first-order chi connectivity index (χ1) is 10.5. The van der Waals surface area contributed by atoms with Gasteiger partial charge < -0.3 is 10.4 Å². The second kappa shape index (κ2) is 6.85. The lowest BCUT2D eigenvalue weighted by molar-refractivity contribution is -0.113. The molecule has 2 rings (SSSR count). The van der Waals surface area contributed by atoms with Crippen molar-refractivity contribution in [2.24, 2.45) is 0 Å². The number of hydrogen-bond donors (Lipinski definition) is 3. The Morgan fingerprint density at radius 3 is 2.55 bits per heavy atom. The zero-order chi connectivity index (χ0) is 16.1. The van der Waals surface area contributed by atoms with Crippen molar-refractivity contribution in [2.75, 3.05) is 11.1 Å². The molecule has 0 bridgehead atoms. The van der Waals surface area contributed by atoms with E-state index in [1.54, 1.807) is 0 Å². The minimum Gasteiger partial charge on any atom is -0.478 e. The summed E-state index contributed by atoms with van der Waals surface area (Å²) in [6.45, 7) is 1.54. The molecule has 0 unspecified atom stereocenters. The van der Waals surface area contributed by atoms with Gasteiger partial charge in [-0.1, -0.05) is 11.8 Å². The number of carboxylic acid groups (broad SMARTS) is 1. The van der Waals surface area contributed by atoms with E-state index in [1.165, 1.54) is 31.2 Å². The number of nitrogens with one attached hydrogen (secondary N) is 2. The lowest BCUT2D eigenvalue weighted by atomic mass is 10.2. The molecular formula is C13H12N4O4S. The molecule has 0 saturated heterocycles. The molecule has 0 aliphatic carbocycles. The highest BCUT2D eigenvalue weighted by molar-refractivity contribution is 7.99. The molecule has 114 valence electrons. The molecule has 0 atom stereocenters. The van der Waals surface area contributed by atoms with Crippen molar-refractivity contribution in [3.63, 3.8) is 0 Å². The normalized spacial score (nSPS) is 10.2. The number of aromatic carboxylic acids is 1. The molecule has 2 aromatic rings. The summed E-state index contributed by atoms with van der Waals surface area (Å²) in [5.41, 5.74) is 0.536. The highest BCUT2D eigenvalue weighted by Gasteiger charge is 2.07. The average Bonchev–Trinajstić information content (AvgIpc) is 2.49. The first-order valence-electron chi connectivity index (χ1n) is 6.15. The van der Waals surface area contributed by atoms with Crippen LogP contribution in [0.4, 0.5) is 5.69 Å². The van der Waals surface area contributed by atoms with Crippen LogP contribution in [0.3, 0.4) is 0 Å². The van der Waals surface area contributed by atoms with Gasteiger partial charge in [-0.2, -0.15) is 0 Å². The zero-order valence-electron chi connectivity index (χ0n) is 11.5. The summed E-state index contributed by atoms with van der Waals surface area (Å²) >= 11 is 1.04. The van der Waals surface area contributed by atoms with Crippen LogP contribution in [0.1, 0.15) is 16.1 Å². The van der Waals surface area contributed by atoms with Crippen molar-refractivity contribution in [1.82, 2.24) is 15.2 Å². The molecule has 0 fully saturated rings. The summed E-state index contributed by atoms with van der Waals surface area (Å²) in [5, 5.41) is 19.1. The number of anilines is 1. The maximum atomic E-state index is 11.8. The van der Waals surface area contributed by atoms with E-state index in [9.17, 15) is 14.4 Å². The maximum absolute atomic E-state index is 11.8. The molecule has 1 aromatic carbocycles. The molecule has 0 aliphatic rings. The summed E-state index contributed by atoms with van der Waals surface area (Å²) in [4.78, 5) is 36.3. The number of nitrogens with zero attached hydrogens (tertiary/aromatic N) is 2. The van der Waals surface area contributed by atoms with Crippen molar-refractivity contribution < 1.29 is 14.7 Å². The number of hydrogen-bond acceptors (Lipinski definition) is 6. The number of carbonyl (C=O) groups excluding carboxylic acids is 1. The Balaban J connectivity index is 1.91. The summed E-state index contributed by atoms with van der Waals surface area (Å²) in [6.07, 6.45) is 0. The Bertz CT molecular complexity index is 757. The van der Waals surface area contributed by atoms with Gasteiger partial charge in [0, 0.05) is 5.69 Å². The van der Waals surface area contributed by atoms with E-state index >= 15 is 0 Å².